The number of benzene rings is 2. The molecule has 0 fully saturated rings. The molecule has 0 saturated carbocycles. The van der Waals surface area contributed by atoms with Crippen molar-refractivity contribution in [2.24, 2.45) is 10.6 Å². The summed E-state index contributed by atoms with van der Waals surface area (Å²) >= 11 is 12.1. The molecule has 2 aromatic rings. The molecule has 1 aliphatic rings. The molecule has 0 aromatic heterocycles. The first kappa shape index (κ1) is 21.7. The van der Waals surface area contributed by atoms with Crippen molar-refractivity contribution in [3.63, 3.8) is 0 Å². The first-order valence-electron chi connectivity index (χ1n) is 9.71. The van der Waals surface area contributed by atoms with Crippen LogP contribution in [0.4, 0.5) is 0 Å². The van der Waals surface area contributed by atoms with Crippen LogP contribution in [0.15, 0.2) is 53.7 Å². The molecule has 29 heavy (non-hydrogen) atoms. The highest BCUT2D eigenvalue weighted by molar-refractivity contribution is 6.42. The van der Waals surface area contributed by atoms with E-state index in [0.29, 0.717) is 36.0 Å². The van der Waals surface area contributed by atoms with Crippen LogP contribution in [0.1, 0.15) is 44.7 Å². The van der Waals surface area contributed by atoms with Crippen molar-refractivity contribution in [3.05, 3.63) is 69.7 Å². The van der Waals surface area contributed by atoms with E-state index in [1.165, 1.54) is 0 Å². The van der Waals surface area contributed by atoms with Crippen molar-refractivity contribution in [1.29, 1.82) is 0 Å². The molecule has 3 rings (SSSR count). The molecule has 0 unspecified atom stereocenters. The second kappa shape index (κ2) is 9.19. The Labute approximate surface area is 182 Å². The lowest BCUT2D eigenvalue weighted by atomic mass is 9.91. The van der Waals surface area contributed by atoms with E-state index >= 15 is 0 Å². The fraction of sp³-hybridized carbons (Fsp3) is 0.391. The lowest BCUT2D eigenvalue weighted by Gasteiger charge is -2.28. The van der Waals surface area contributed by atoms with Gasteiger partial charge in [0.15, 0.2) is 6.10 Å². The van der Waals surface area contributed by atoms with Crippen molar-refractivity contribution in [1.82, 2.24) is 4.90 Å². The molecule has 6 heteroatoms. The van der Waals surface area contributed by atoms with E-state index in [1.807, 2.05) is 41.3 Å². The third-order valence-electron chi connectivity index (χ3n) is 4.66. The summed E-state index contributed by atoms with van der Waals surface area (Å²) in [5.41, 5.74) is 2.72. The van der Waals surface area contributed by atoms with E-state index in [1.54, 1.807) is 12.1 Å². The highest BCUT2D eigenvalue weighted by Crippen LogP contribution is 2.27. The van der Waals surface area contributed by atoms with E-state index < -0.39 is 0 Å². The summed E-state index contributed by atoms with van der Waals surface area (Å²) in [5.74, 6) is 0.118. The van der Waals surface area contributed by atoms with Crippen LogP contribution >= 0.6 is 23.2 Å². The van der Waals surface area contributed by atoms with Gasteiger partial charge in [-0.3, -0.25) is 4.79 Å². The van der Waals surface area contributed by atoms with Gasteiger partial charge in [-0.05, 0) is 23.1 Å². The lowest BCUT2D eigenvalue weighted by molar-refractivity contribution is -0.135. The number of carbonyl (C=O) groups excluding carboxylic acids is 1. The molecule has 2 aromatic carbocycles. The van der Waals surface area contributed by atoms with Crippen molar-refractivity contribution in [2.75, 3.05) is 6.54 Å². The van der Waals surface area contributed by atoms with Crippen LogP contribution in [-0.4, -0.2) is 29.2 Å². The first-order valence-corrected chi connectivity index (χ1v) is 10.5. The van der Waals surface area contributed by atoms with Gasteiger partial charge in [-0.2, -0.15) is 0 Å². The average molecular weight is 433 g/mol. The van der Waals surface area contributed by atoms with Crippen LogP contribution in [0.5, 0.6) is 0 Å². The molecule has 0 N–H and O–H groups in total. The number of halogens is 2. The molecule has 0 radical (unpaired) electrons. The smallest absolute Gasteiger partial charge is 0.223 e. The molecule has 0 saturated heterocycles. The van der Waals surface area contributed by atoms with Gasteiger partial charge < -0.3 is 9.74 Å². The van der Waals surface area contributed by atoms with Crippen LogP contribution in [0.2, 0.25) is 10.0 Å². The van der Waals surface area contributed by atoms with Crippen LogP contribution in [0.3, 0.4) is 0 Å². The minimum absolute atomic E-state index is 0.0791. The molecular formula is C23H26Cl2N2O2. The number of oxime groups is 1. The topological polar surface area (TPSA) is 41.9 Å². The number of amides is 1. The summed E-state index contributed by atoms with van der Waals surface area (Å²) in [7, 11) is 0. The lowest BCUT2D eigenvalue weighted by Crippen LogP contribution is -2.38. The minimum atomic E-state index is -0.188. The standard InChI is InChI=1S/C23H26Cl2N2O2/c1-23(2,3)13-22(28)27(14-16-7-5-4-6-8-16)15-18-12-21(26-29-18)17-9-10-19(24)20(25)11-17/h4-11,18H,12-15H2,1-3H3/t18-/m0/s1. The Balaban J connectivity index is 1.69. The third-order valence-corrected chi connectivity index (χ3v) is 5.40. The number of hydrogen-bond acceptors (Lipinski definition) is 3. The van der Waals surface area contributed by atoms with E-state index in [9.17, 15) is 4.79 Å². The minimum Gasteiger partial charge on any atom is -0.390 e. The fourth-order valence-electron chi connectivity index (χ4n) is 3.24. The molecule has 0 bridgehead atoms. The summed E-state index contributed by atoms with van der Waals surface area (Å²) < 4.78 is 0. The van der Waals surface area contributed by atoms with Crippen LogP contribution in [-0.2, 0) is 16.2 Å². The number of rotatable bonds is 6. The summed E-state index contributed by atoms with van der Waals surface area (Å²) in [4.78, 5) is 20.5. The van der Waals surface area contributed by atoms with E-state index in [-0.39, 0.29) is 17.4 Å². The van der Waals surface area contributed by atoms with Gasteiger partial charge in [0.25, 0.3) is 0 Å². The second-order valence-corrected chi connectivity index (χ2v) is 9.41. The third kappa shape index (κ3) is 6.22. The van der Waals surface area contributed by atoms with Gasteiger partial charge in [0.1, 0.15) is 0 Å². The van der Waals surface area contributed by atoms with E-state index in [0.717, 1.165) is 16.8 Å². The van der Waals surface area contributed by atoms with Gasteiger partial charge in [0.2, 0.25) is 5.91 Å². The molecule has 0 spiro atoms. The number of carbonyl (C=O) groups is 1. The van der Waals surface area contributed by atoms with Crippen molar-refractivity contribution >= 4 is 34.8 Å². The normalized spacial score (nSPS) is 16.3. The maximum atomic E-state index is 13.0. The Hall–Kier alpha value is -2.04. The summed E-state index contributed by atoms with van der Waals surface area (Å²) in [5, 5.41) is 5.22. The number of hydrogen-bond donors (Lipinski definition) is 0. The molecule has 1 amide bonds. The predicted molar refractivity (Wildman–Crippen MR) is 118 cm³/mol. The number of nitrogens with zero attached hydrogens (tertiary/aromatic N) is 2. The first-order chi connectivity index (χ1) is 13.7. The monoisotopic (exact) mass is 432 g/mol. The van der Waals surface area contributed by atoms with E-state index in [2.05, 4.69) is 25.9 Å². The van der Waals surface area contributed by atoms with Gasteiger partial charge in [0.05, 0.1) is 22.3 Å². The average Bonchev–Trinajstić information content (AvgIpc) is 3.11. The van der Waals surface area contributed by atoms with Gasteiger partial charge in [-0.15, -0.1) is 0 Å². The molecule has 1 heterocycles. The van der Waals surface area contributed by atoms with Crippen molar-refractivity contribution in [2.45, 2.75) is 46.3 Å². The fourth-order valence-corrected chi connectivity index (χ4v) is 3.54. The van der Waals surface area contributed by atoms with E-state index in [4.69, 9.17) is 28.0 Å². The predicted octanol–water partition coefficient (Wildman–Crippen LogP) is 5.95. The highest BCUT2D eigenvalue weighted by Gasteiger charge is 2.28. The van der Waals surface area contributed by atoms with Gasteiger partial charge in [-0.25, -0.2) is 0 Å². The Kier molecular flexibility index (Phi) is 6.86. The summed E-state index contributed by atoms with van der Waals surface area (Å²) in [6.45, 7) is 7.26. The zero-order valence-electron chi connectivity index (χ0n) is 17.0. The van der Waals surface area contributed by atoms with Crippen molar-refractivity contribution < 1.29 is 9.63 Å². The molecule has 1 atom stereocenters. The van der Waals surface area contributed by atoms with Gasteiger partial charge in [0, 0.05) is 24.9 Å². The van der Waals surface area contributed by atoms with Crippen molar-refractivity contribution in [3.8, 4) is 0 Å². The van der Waals surface area contributed by atoms with Gasteiger partial charge >= 0.3 is 0 Å². The highest BCUT2D eigenvalue weighted by atomic mass is 35.5. The molecule has 0 aliphatic carbocycles. The largest absolute Gasteiger partial charge is 0.390 e. The Morgan fingerprint density at radius 1 is 1.14 bits per heavy atom. The SMILES string of the molecule is CC(C)(C)CC(=O)N(Cc1ccccc1)C[C@@H]1CC(c2ccc(Cl)c(Cl)c2)=NO1. The molecule has 1 aliphatic heterocycles. The zero-order chi connectivity index (χ0) is 21.0. The Morgan fingerprint density at radius 2 is 1.86 bits per heavy atom. The Morgan fingerprint density at radius 3 is 2.52 bits per heavy atom. The molecular weight excluding hydrogens is 407 g/mol. The van der Waals surface area contributed by atoms with Crippen LogP contribution < -0.4 is 0 Å². The summed E-state index contributed by atoms with van der Waals surface area (Å²) in [6.07, 6.45) is 0.908. The summed E-state index contributed by atoms with van der Waals surface area (Å²) in [6, 6.07) is 15.4. The van der Waals surface area contributed by atoms with Gasteiger partial charge in [-0.1, -0.05) is 85.5 Å². The van der Waals surface area contributed by atoms with Crippen LogP contribution in [0, 0.1) is 5.41 Å². The maximum absolute atomic E-state index is 13.0. The second-order valence-electron chi connectivity index (χ2n) is 8.60. The quantitative estimate of drug-likeness (QED) is 0.565. The molecule has 154 valence electrons. The zero-order valence-corrected chi connectivity index (χ0v) is 18.5. The Bertz CT molecular complexity index is 891. The maximum Gasteiger partial charge on any atom is 0.223 e. The molecule has 4 nitrogen and oxygen atoms in total. The van der Waals surface area contributed by atoms with Crippen LogP contribution in [0.25, 0.3) is 0 Å².